The maximum absolute atomic E-state index is 8.90. The number of piperidine rings is 1. The highest BCUT2D eigenvalue weighted by atomic mass is 35.5. The summed E-state index contributed by atoms with van der Waals surface area (Å²) in [6.45, 7) is 4.02. The molecule has 1 fully saturated rings. The van der Waals surface area contributed by atoms with Crippen molar-refractivity contribution in [2.75, 3.05) is 20.1 Å². The molecule has 0 amide bonds. The van der Waals surface area contributed by atoms with Crippen molar-refractivity contribution in [1.29, 1.82) is 5.26 Å². The first-order valence-corrected chi connectivity index (χ1v) is 6.54. The average Bonchev–Trinajstić information content (AvgIpc) is 2.38. The summed E-state index contributed by atoms with van der Waals surface area (Å²) >= 11 is 6.13. The molecule has 0 N–H and O–H groups in total. The maximum atomic E-state index is 8.90. The molecule has 1 heterocycles. The molecular weight excluding hydrogens is 248 g/mol. The van der Waals surface area contributed by atoms with Gasteiger partial charge in [-0.1, -0.05) is 11.6 Å². The molecule has 0 radical (unpaired) electrons. The first-order chi connectivity index (χ1) is 8.61. The Balaban J connectivity index is 2.11. The second-order valence-corrected chi connectivity index (χ2v) is 5.16. The zero-order valence-electron chi connectivity index (χ0n) is 10.7. The molecule has 0 bridgehead atoms. The van der Waals surface area contributed by atoms with Crippen LogP contribution in [0.25, 0.3) is 0 Å². The van der Waals surface area contributed by atoms with E-state index < -0.39 is 0 Å². The lowest BCUT2D eigenvalue weighted by Crippen LogP contribution is -2.35. The van der Waals surface area contributed by atoms with Gasteiger partial charge in [0, 0.05) is 18.7 Å². The predicted molar refractivity (Wildman–Crippen MR) is 72.1 cm³/mol. The maximum Gasteiger partial charge on any atom is 0.124 e. The Morgan fingerprint density at radius 3 is 2.67 bits per heavy atom. The van der Waals surface area contributed by atoms with E-state index in [1.54, 1.807) is 6.07 Å². The third-order valence-corrected chi connectivity index (χ3v) is 3.90. The summed E-state index contributed by atoms with van der Waals surface area (Å²) in [5.41, 5.74) is 1.36. The number of benzene rings is 1. The second kappa shape index (κ2) is 5.60. The van der Waals surface area contributed by atoms with Crippen molar-refractivity contribution in [2.24, 2.45) is 0 Å². The summed E-state index contributed by atoms with van der Waals surface area (Å²) in [6, 6.07) is 5.65. The van der Waals surface area contributed by atoms with Crippen LogP contribution in [-0.4, -0.2) is 31.1 Å². The van der Waals surface area contributed by atoms with Crippen molar-refractivity contribution in [1.82, 2.24) is 4.90 Å². The number of likely N-dealkylation sites (tertiary alicyclic amines) is 1. The summed E-state index contributed by atoms with van der Waals surface area (Å²) < 4.78 is 5.99. The minimum absolute atomic E-state index is 0.254. The number of hydrogen-bond acceptors (Lipinski definition) is 3. The highest BCUT2D eigenvalue weighted by Crippen LogP contribution is 2.30. The Labute approximate surface area is 113 Å². The highest BCUT2D eigenvalue weighted by molar-refractivity contribution is 6.32. The van der Waals surface area contributed by atoms with Crippen LogP contribution in [0.5, 0.6) is 5.75 Å². The molecule has 0 unspecified atom stereocenters. The van der Waals surface area contributed by atoms with Crippen molar-refractivity contribution in [3.8, 4) is 11.8 Å². The fourth-order valence-corrected chi connectivity index (χ4v) is 2.36. The summed E-state index contributed by atoms with van der Waals surface area (Å²) in [6.07, 6.45) is 2.32. The molecule has 96 valence electrons. The molecule has 1 aromatic carbocycles. The molecule has 0 spiro atoms. The van der Waals surface area contributed by atoms with Crippen molar-refractivity contribution < 1.29 is 4.74 Å². The van der Waals surface area contributed by atoms with Gasteiger partial charge in [-0.3, -0.25) is 0 Å². The third kappa shape index (κ3) is 2.77. The number of hydrogen-bond donors (Lipinski definition) is 0. The molecule has 3 nitrogen and oxygen atoms in total. The van der Waals surface area contributed by atoms with E-state index in [9.17, 15) is 0 Å². The molecule has 1 saturated heterocycles. The Morgan fingerprint density at radius 1 is 1.39 bits per heavy atom. The van der Waals surface area contributed by atoms with E-state index >= 15 is 0 Å². The Hall–Kier alpha value is -1.24. The predicted octanol–water partition coefficient (Wildman–Crippen LogP) is 2.99. The largest absolute Gasteiger partial charge is 0.490 e. The van der Waals surface area contributed by atoms with E-state index in [-0.39, 0.29) is 6.10 Å². The van der Waals surface area contributed by atoms with Crippen molar-refractivity contribution in [2.45, 2.75) is 25.9 Å². The molecule has 0 aromatic heterocycles. The van der Waals surface area contributed by atoms with Crippen molar-refractivity contribution in [3.05, 3.63) is 28.3 Å². The van der Waals surface area contributed by atoms with Gasteiger partial charge in [0.25, 0.3) is 0 Å². The standard InChI is InChI=1S/C14H17ClN2O/c1-10-13(4-3-11(9-16)14(10)15)18-12-5-7-17(2)8-6-12/h3-4,12H,5-8H2,1-2H3. The fraction of sp³-hybridized carbons (Fsp3) is 0.500. The minimum Gasteiger partial charge on any atom is -0.490 e. The van der Waals surface area contributed by atoms with E-state index in [4.69, 9.17) is 21.6 Å². The molecular formula is C14H17ClN2O. The number of rotatable bonds is 2. The van der Waals surface area contributed by atoms with Gasteiger partial charge in [-0.25, -0.2) is 0 Å². The first kappa shape index (κ1) is 13.2. The number of nitriles is 1. The van der Waals surface area contributed by atoms with E-state index in [1.165, 1.54) is 0 Å². The van der Waals surface area contributed by atoms with Crippen molar-refractivity contribution >= 4 is 11.6 Å². The fourth-order valence-electron chi connectivity index (χ4n) is 2.16. The van der Waals surface area contributed by atoms with Crippen LogP contribution in [0.4, 0.5) is 0 Å². The molecule has 0 aliphatic carbocycles. The molecule has 0 saturated carbocycles. The van der Waals surface area contributed by atoms with Crippen LogP contribution in [0.15, 0.2) is 12.1 Å². The normalized spacial score (nSPS) is 17.4. The van der Waals surface area contributed by atoms with Gasteiger partial charge in [0.2, 0.25) is 0 Å². The van der Waals surface area contributed by atoms with E-state index in [0.29, 0.717) is 10.6 Å². The lowest BCUT2D eigenvalue weighted by atomic mass is 10.1. The van der Waals surface area contributed by atoms with Crippen LogP contribution in [0.2, 0.25) is 5.02 Å². The molecule has 1 aliphatic rings. The Kier molecular flexibility index (Phi) is 4.11. The monoisotopic (exact) mass is 264 g/mol. The van der Waals surface area contributed by atoms with E-state index in [1.807, 2.05) is 13.0 Å². The van der Waals surface area contributed by atoms with Gasteiger partial charge in [0.05, 0.1) is 10.6 Å². The Morgan fingerprint density at radius 2 is 2.06 bits per heavy atom. The molecule has 2 rings (SSSR count). The summed E-state index contributed by atoms with van der Waals surface area (Å²) in [5.74, 6) is 0.800. The first-order valence-electron chi connectivity index (χ1n) is 6.16. The van der Waals surface area contributed by atoms with Gasteiger partial charge in [-0.15, -0.1) is 0 Å². The zero-order valence-corrected chi connectivity index (χ0v) is 11.5. The highest BCUT2D eigenvalue weighted by Gasteiger charge is 2.19. The van der Waals surface area contributed by atoms with E-state index in [2.05, 4.69) is 18.0 Å². The molecule has 1 aromatic rings. The van der Waals surface area contributed by atoms with Crippen LogP contribution in [0, 0.1) is 18.3 Å². The number of nitrogens with zero attached hydrogens (tertiary/aromatic N) is 2. The summed E-state index contributed by atoms with van der Waals surface area (Å²) in [7, 11) is 2.13. The van der Waals surface area contributed by atoms with Gasteiger partial charge in [0.15, 0.2) is 0 Å². The topological polar surface area (TPSA) is 36.3 Å². The second-order valence-electron chi connectivity index (χ2n) is 4.78. The van der Waals surface area contributed by atoms with Gasteiger partial charge in [0.1, 0.15) is 17.9 Å². The van der Waals surface area contributed by atoms with Crippen LogP contribution in [0.3, 0.4) is 0 Å². The average molecular weight is 265 g/mol. The third-order valence-electron chi connectivity index (χ3n) is 3.42. The van der Waals surface area contributed by atoms with Gasteiger partial charge >= 0.3 is 0 Å². The van der Waals surface area contributed by atoms with Gasteiger partial charge < -0.3 is 9.64 Å². The van der Waals surface area contributed by atoms with Crippen LogP contribution >= 0.6 is 11.6 Å². The van der Waals surface area contributed by atoms with Crippen LogP contribution < -0.4 is 4.74 Å². The van der Waals surface area contributed by atoms with Crippen molar-refractivity contribution in [3.63, 3.8) is 0 Å². The quantitative estimate of drug-likeness (QED) is 0.824. The zero-order chi connectivity index (χ0) is 13.1. The van der Waals surface area contributed by atoms with Gasteiger partial charge in [-0.05, 0) is 38.9 Å². The molecule has 0 atom stereocenters. The summed E-state index contributed by atoms with van der Waals surface area (Å²) in [5, 5.41) is 9.41. The van der Waals surface area contributed by atoms with Crippen LogP contribution in [0.1, 0.15) is 24.0 Å². The molecule has 4 heteroatoms. The van der Waals surface area contributed by atoms with E-state index in [0.717, 1.165) is 37.2 Å². The SMILES string of the molecule is Cc1c(OC2CCN(C)CC2)ccc(C#N)c1Cl. The Bertz CT molecular complexity index is 473. The molecule has 1 aliphatic heterocycles. The lowest BCUT2D eigenvalue weighted by molar-refractivity contribution is 0.113. The smallest absolute Gasteiger partial charge is 0.124 e. The lowest BCUT2D eigenvalue weighted by Gasteiger charge is -2.29. The molecule has 18 heavy (non-hydrogen) atoms. The summed E-state index contributed by atoms with van der Waals surface area (Å²) in [4.78, 5) is 2.30. The minimum atomic E-state index is 0.254. The van der Waals surface area contributed by atoms with Crippen LogP contribution in [-0.2, 0) is 0 Å². The number of ether oxygens (including phenoxy) is 1. The number of halogens is 1. The van der Waals surface area contributed by atoms with Gasteiger partial charge in [-0.2, -0.15) is 5.26 Å².